The number of aromatic nitrogens is 2. The maximum Gasteiger partial charge on any atom is 0.224 e. The molecule has 2 rings (SSSR count). The predicted octanol–water partition coefficient (Wildman–Crippen LogP) is 3.22. The van der Waals surface area contributed by atoms with Crippen LogP contribution in [0.15, 0.2) is 30.5 Å². The lowest BCUT2D eigenvalue weighted by molar-refractivity contribution is 1.12. The molecular formula is C12H13ClN4. The SMILES string of the molecule is CNc1ncc(C)c(Nc2ccc(Cl)cc2)n1. The first-order valence-corrected chi connectivity index (χ1v) is 5.61. The molecule has 2 N–H and O–H groups in total. The number of hydrogen-bond donors (Lipinski definition) is 2. The molecule has 0 radical (unpaired) electrons. The normalized spacial score (nSPS) is 10.1. The fourth-order valence-electron chi connectivity index (χ4n) is 1.36. The zero-order valence-electron chi connectivity index (χ0n) is 9.66. The van der Waals surface area contributed by atoms with Crippen molar-refractivity contribution >= 4 is 29.1 Å². The molecule has 0 aliphatic rings. The van der Waals surface area contributed by atoms with Crippen LogP contribution in [0.2, 0.25) is 5.02 Å². The maximum atomic E-state index is 5.83. The average molecular weight is 249 g/mol. The smallest absolute Gasteiger partial charge is 0.224 e. The molecule has 0 spiro atoms. The van der Waals surface area contributed by atoms with Crippen molar-refractivity contribution < 1.29 is 0 Å². The molecule has 0 aliphatic heterocycles. The number of aryl methyl sites for hydroxylation is 1. The van der Waals surface area contributed by atoms with Crippen molar-refractivity contribution in [1.82, 2.24) is 9.97 Å². The van der Waals surface area contributed by atoms with Crippen molar-refractivity contribution in [2.24, 2.45) is 0 Å². The minimum Gasteiger partial charge on any atom is -0.357 e. The number of rotatable bonds is 3. The molecule has 0 saturated carbocycles. The first-order valence-electron chi connectivity index (χ1n) is 5.23. The largest absolute Gasteiger partial charge is 0.357 e. The van der Waals surface area contributed by atoms with E-state index >= 15 is 0 Å². The number of nitrogens with one attached hydrogen (secondary N) is 2. The molecule has 0 aliphatic carbocycles. The minimum absolute atomic E-state index is 0.590. The van der Waals surface area contributed by atoms with Gasteiger partial charge in [0, 0.05) is 29.5 Å². The van der Waals surface area contributed by atoms with E-state index in [2.05, 4.69) is 20.6 Å². The predicted molar refractivity (Wildman–Crippen MR) is 71.1 cm³/mol. The topological polar surface area (TPSA) is 49.8 Å². The number of hydrogen-bond acceptors (Lipinski definition) is 4. The Morgan fingerprint density at radius 1 is 1.18 bits per heavy atom. The molecule has 2 aromatic rings. The summed E-state index contributed by atoms with van der Waals surface area (Å²) in [6, 6.07) is 7.48. The third-order valence-corrected chi connectivity index (χ3v) is 2.55. The van der Waals surface area contributed by atoms with Gasteiger partial charge in [-0.15, -0.1) is 0 Å². The lowest BCUT2D eigenvalue weighted by atomic mass is 10.3. The molecule has 4 nitrogen and oxygen atoms in total. The van der Waals surface area contributed by atoms with Crippen molar-refractivity contribution in [2.75, 3.05) is 17.7 Å². The summed E-state index contributed by atoms with van der Waals surface area (Å²) in [6.45, 7) is 1.96. The van der Waals surface area contributed by atoms with Crippen molar-refractivity contribution in [1.29, 1.82) is 0 Å². The molecule has 88 valence electrons. The summed E-state index contributed by atoms with van der Waals surface area (Å²) in [7, 11) is 1.79. The highest BCUT2D eigenvalue weighted by atomic mass is 35.5. The number of halogens is 1. The van der Waals surface area contributed by atoms with Gasteiger partial charge in [0.05, 0.1) is 0 Å². The molecule has 1 aromatic carbocycles. The number of anilines is 3. The summed E-state index contributed by atoms with van der Waals surface area (Å²) in [5.74, 6) is 1.37. The van der Waals surface area contributed by atoms with Crippen LogP contribution in [0.3, 0.4) is 0 Å². The molecule has 0 bridgehead atoms. The summed E-state index contributed by atoms with van der Waals surface area (Å²) in [4.78, 5) is 8.47. The average Bonchev–Trinajstić information content (AvgIpc) is 2.35. The Labute approximate surface area is 105 Å². The van der Waals surface area contributed by atoms with E-state index in [-0.39, 0.29) is 0 Å². The number of benzene rings is 1. The summed E-state index contributed by atoms with van der Waals surface area (Å²) in [5.41, 5.74) is 1.93. The molecule has 5 heteroatoms. The molecular weight excluding hydrogens is 236 g/mol. The van der Waals surface area contributed by atoms with Gasteiger partial charge in [0.25, 0.3) is 0 Å². The first kappa shape index (κ1) is 11.7. The van der Waals surface area contributed by atoms with Crippen LogP contribution < -0.4 is 10.6 Å². The van der Waals surface area contributed by atoms with Crippen molar-refractivity contribution in [2.45, 2.75) is 6.92 Å². The standard InChI is InChI=1S/C12H13ClN4/c1-8-7-15-12(14-2)17-11(8)16-10-5-3-9(13)4-6-10/h3-7H,1-2H3,(H2,14,15,16,17). The fraction of sp³-hybridized carbons (Fsp3) is 0.167. The van der Waals surface area contributed by atoms with Crippen molar-refractivity contribution in [3.8, 4) is 0 Å². The van der Waals surface area contributed by atoms with Crippen LogP contribution in [0.1, 0.15) is 5.56 Å². The van der Waals surface area contributed by atoms with Gasteiger partial charge >= 0.3 is 0 Å². The van der Waals surface area contributed by atoms with Gasteiger partial charge in [-0.05, 0) is 31.2 Å². The Kier molecular flexibility index (Phi) is 3.44. The third kappa shape index (κ3) is 2.85. The van der Waals surface area contributed by atoms with Gasteiger partial charge in [-0.3, -0.25) is 0 Å². The Morgan fingerprint density at radius 3 is 2.53 bits per heavy atom. The zero-order chi connectivity index (χ0) is 12.3. The van der Waals surface area contributed by atoms with E-state index in [1.807, 2.05) is 31.2 Å². The van der Waals surface area contributed by atoms with Crippen molar-refractivity contribution in [3.05, 3.63) is 41.0 Å². The summed E-state index contributed by atoms with van der Waals surface area (Å²) < 4.78 is 0. The Morgan fingerprint density at radius 2 is 1.88 bits per heavy atom. The highest BCUT2D eigenvalue weighted by molar-refractivity contribution is 6.30. The van der Waals surface area contributed by atoms with Gasteiger partial charge in [0.2, 0.25) is 5.95 Å². The van der Waals surface area contributed by atoms with E-state index in [9.17, 15) is 0 Å². The van der Waals surface area contributed by atoms with Crippen LogP contribution in [0.5, 0.6) is 0 Å². The van der Waals surface area contributed by atoms with Crippen LogP contribution >= 0.6 is 11.6 Å². The Hall–Kier alpha value is -1.81. The molecule has 0 unspecified atom stereocenters. The highest BCUT2D eigenvalue weighted by Crippen LogP contribution is 2.20. The lowest BCUT2D eigenvalue weighted by Gasteiger charge is -2.09. The summed E-state index contributed by atoms with van der Waals surface area (Å²) >= 11 is 5.83. The Bertz CT molecular complexity index is 510. The quantitative estimate of drug-likeness (QED) is 0.876. The molecule has 17 heavy (non-hydrogen) atoms. The third-order valence-electron chi connectivity index (χ3n) is 2.30. The molecule has 1 heterocycles. The van der Waals surface area contributed by atoms with Crippen LogP contribution in [0.4, 0.5) is 17.5 Å². The fourth-order valence-corrected chi connectivity index (χ4v) is 1.48. The maximum absolute atomic E-state index is 5.83. The van der Waals surface area contributed by atoms with Crippen molar-refractivity contribution in [3.63, 3.8) is 0 Å². The van der Waals surface area contributed by atoms with Gasteiger partial charge in [-0.2, -0.15) is 4.98 Å². The van der Waals surface area contributed by atoms with E-state index in [0.29, 0.717) is 11.0 Å². The second-order valence-corrected chi connectivity index (χ2v) is 4.04. The molecule has 0 fully saturated rings. The first-order chi connectivity index (χ1) is 8.19. The molecule has 1 aromatic heterocycles. The molecule has 0 atom stereocenters. The minimum atomic E-state index is 0.590. The van der Waals surface area contributed by atoms with Gasteiger partial charge in [0.1, 0.15) is 5.82 Å². The van der Waals surface area contributed by atoms with E-state index in [4.69, 9.17) is 11.6 Å². The van der Waals surface area contributed by atoms with Crippen LogP contribution in [-0.4, -0.2) is 17.0 Å². The van der Waals surface area contributed by atoms with Crippen LogP contribution in [0.25, 0.3) is 0 Å². The van der Waals surface area contributed by atoms with Crippen LogP contribution in [-0.2, 0) is 0 Å². The van der Waals surface area contributed by atoms with Gasteiger partial charge in [0.15, 0.2) is 0 Å². The highest BCUT2D eigenvalue weighted by Gasteiger charge is 2.03. The van der Waals surface area contributed by atoms with E-state index in [1.54, 1.807) is 13.2 Å². The van der Waals surface area contributed by atoms with Gasteiger partial charge in [-0.1, -0.05) is 11.6 Å². The zero-order valence-corrected chi connectivity index (χ0v) is 10.4. The monoisotopic (exact) mass is 248 g/mol. The second kappa shape index (κ2) is 5.01. The lowest BCUT2D eigenvalue weighted by Crippen LogP contribution is -2.02. The molecule has 0 amide bonds. The van der Waals surface area contributed by atoms with E-state index in [1.165, 1.54) is 0 Å². The van der Waals surface area contributed by atoms with E-state index in [0.717, 1.165) is 17.1 Å². The van der Waals surface area contributed by atoms with Crippen LogP contribution in [0, 0.1) is 6.92 Å². The summed E-state index contributed by atoms with van der Waals surface area (Å²) in [5, 5.41) is 6.84. The van der Waals surface area contributed by atoms with Gasteiger partial charge < -0.3 is 10.6 Å². The summed E-state index contributed by atoms with van der Waals surface area (Å²) in [6.07, 6.45) is 1.77. The Balaban J connectivity index is 2.25. The van der Waals surface area contributed by atoms with Gasteiger partial charge in [-0.25, -0.2) is 4.98 Å². The number of nitrogens with zero attached hydrogens (tertiary/aromatic N) is 2. The molecule has 0 saturated heterocycles. The second-order valence-electron chi connectivity index (χ2n) is 3.61. The van der Waals surface area contributed by atoms with E-state index < -0.39 is 0 Å².